The van der Waals surface area contributed by atoms with Gasteiger partial charge in [-0.2, -0.15) is 0 Å². The molecule has 0 aliphatic heterocycles. The molecule has 1 aromatic heterocycles. The van der Waals surface area contributed by atoms with Crippen molar-refractivity contribution in [1.82, 2.24) is 0 Å². The molecule has 2 nitrogen and oxygen atoms in total. The fraction of sp³-hybridized carbons (Fsp3) is 0. The zero-order valence-corrected chi connectivity index (χ0v) is 33.9. The van der Waals surface area contributed by atoms with Crippen LogP contribution in [0.2, 0.25) is 0 Å². The van der Waals surface area contributed by atoms with E-state index in [0.29, 0.717) is 0 Å². The first-order valence-electron chi connectivity index (χ1n) is 21.2. The summed E-state index contributed by atoms with van der Waals surface area (Å²) < 4.78 is 6.53. The number of anilines is 3. The van der Waals surface area contributed by atoms with E-state index in [1.807, 2.05) is 12.1 Å². The molecule has 2 heteroatoms. The second-order valence-corrected chi connectivity index (χ2v) is 16.1. The number of benzene rings is 11. The van der Waals surface area contributed by atoms with Crippen molar-refractivity contribution in [3.63, 3.8) is 0 Å². The van der Waals surface area contributed by atoms with Gasteiger partial charge in [0.25, 0.3) is 0 Å². The lowest BCUT2D eigenvalue weighted by atomic mass is 9.91. The Kier molecular flexibility index (Phi) is 8.53. The van der Waals surface area contributed by atoms with Gasteiger partial charge in [0.1, 0.15) is 11.2 Å². The van der Waals surface area contributed by atoms with Gasteiger partial charge in [-0.3, -0.25) is 0 Å². The van der Waals surface area contributed by atoms with Gasteiger partial charge >= 0.3 is 0 Å². The first kappa shape index (κ1) is 35.7. The smallest absolute Gasteiger partial charge is 0.137 e. The van der Waals surface area contributed by atoms with Crippen LogP contribution in [0, 0.1) is 0 Å². The molecule has 0 atom stereocenters. The molecular formula is C60H39NO. The molecule has 0 unspecified atom stereocenters. The van der Waals surface area contributed by atoms with Gasteiger partial charge in [0.05, 0.1) is 5.69 Å². The Hall–Kier alpha value is -8.20. The zero-order chi connectivity index (χ0) is 41.0. The molecule has 0 saturated heterocycles. The molecule has 290 valence electrons. The van der Waals surface area contributed by atoms with Crippen LogP contribution in [0.4, 0.5) is 17.1 Å². The number of para-hydroxylation sites is 1. The molecule has 62 heavy (non-hydrogen) atoms. The van der Waals surface area contributed by atoms with Gasteiger partial charge in [0.15, 0.2) is 0 Å². The fourth-order valence-electron chi connectivity index (χ4n) is 9.37. The summed E-state index contributed by atoms with van der Waals surface area (Å²) in [5.74, 6) is 0. The molecule has 12 rings (SSSR count). The van der Waals surface area contributed by atoms with E-state index >= 15 is 0 Å². The van der Waals surface area contributed by atoms with E-state index in [9.17, 15) is 0 Å². The van der Waals surface area contributed by atoms with Crippen LogP contribution in [0.3, 0.4) is 0 Å². The zero-order valence-electron chi connectivity index (χ0n) is 33.9. The highest BCUT2D eigenvalue weighted by molar-refractivity contribution is 6.14. The van der Waals surface area contributed by atoms with Gasteiger partial charge in [0, 0.05) is 33.8 Å². The quantitative estimate of drug-likeness (QED) is 0.150. The average Bonchev–Trinajstić information content (AvgIpc) is 3.72. The highest BCUT2D eigenvalue weighted by Crippen LogP contribution is 2.46. The Morgan fingerprint density at radius 3 is 1.69 bits per heavy atom. The molecule has 1 heterocycles. The third-order valence-corrected chi connectivity index (χ3v) is 12.4. The highest BCUT2D eigenvalue weighted by atomic mass is 16.3. The lowest BCUT2D eigenvalue weighted by molar-refractivity contribution is 0.669. The maximum atomic E-state index is 6.53. The van der Waals surface area contributed by atoms with Crippen LogP contribution in [0.25, 0.3) is 98.8 Å². The maximum absolute atomic E-state index is 6.53. The Bertz CT molecular complexity index is 3640. The second-order valence-electron chi connectivity index (χ2n) is 16.1. The predicted octanol–water partition coefficient (Wildman–Crippen LogP) is 17.2. The van der Waals surface area contributed by atoms with Gasteiger partial charge in [-0.05, 0) is 126 Å². The van der Waals surface area contributed by atoms with Crippen LogP contribution in [-0.4, -0.2) is 0 Å². The molecule has 0 radical (unpaired) electrons. The summed E-state index contributed by atoms with van der Waals surface area (Å²) in [7, 11) is 0. The van der Waals surface area contributed by atoms with E-state index in [0.717, 1.165) is 61.3 Å². The van der Waals surface area contributed by atoms with Gasteiger partial charge in [-0.15, -0.1) is 0 Å². The molecule has 0 fully saturated rings. The second kappa shape index (κ2) is 14.8. The van der Waals surface area contributed by atoms with Crippen molar-refractivity contribution in [2.45, 2.75) is 0 Å². The van der Waals surface area contributed by atoms with E-state index in [1.54, 1.807) is 0 Å². The molecule has 0 aliphatic rings. The van der Waals surface area contributed by atoms with Crippen LogP contribution in [-0.2, 0) is 0 Å². The molecule has 0 aliphatic carbocycles. The minimum absolute atomic E-state index is 0.855. The van der Waals surface area contributed by atoms with E-state index in [2.05, 4.69) is 229 Å². The van der Waals surface area contributed by atoms with Gasteiger partial charge in [-0.25, -0.2) is 0 Å². The Morgan fingerprint density at radius 1 is 0.258 bits per heavy atom. The molecule has 0 spiro atoms. The third kappa shape index (κ3) is 6.20. The summed E-state index contributed by atoms with van der Waals surface area (Å²) in [6, 6.07) is 85.6. The molecule has 12 aromatic rings. The summed E-state index contributed by atoms with van der Waals surface area (Å²) in [6.45, 7) is 0. The lowest BCUT2D eigenvalue weighted by Gasteiger charge is -2.29. The molecule has 0 saturated carbocycles. The SMILES string of the molecule is c1ccc(-c2ccc(-c3cc4ccccc4c4ccccc34)cc2N(c2ccc(-c3cccc(-c4ccc5ccccc5c4)c3)cc2)c2ccc3c(c2)oc2ccccc23)cc1. The summed E-state index contributed by atoms with van der Waals surface area (Å²) in [5, 5.41) is 9.68. The minimum Gasteiger partial charge on any atom is -0.456 e. The van der Waals surface area contributed by atoms with Crippen molar-refractivity contribution >= 4 is 71.3 Å². The van der Waals surface area contributed by atoms with Crippen LogP contribution in [0.1, 0.15) is 0 Å². The Labute approximate surface area is 360 Å². The monoisotopic (exact) mass is 789 g/mol. The summed E-state index contributed by atoms with van der Waals surface area (Å²) >= 11 is 0. The van der Waals surface area contributed by atoms with Crippen molar-refractivity contribution in [2.24, 2.45) is 0 Å². The molecular weight excluding hydrogens is 751 g/mol. The molecule has 0 N–H and O–H groups in total. The van der Waals surface area contributed by atoms with Crippen LogP contribution >= 0.6 is 0 Å². The van der Waals surface area contributed by atoms with Crippen molar-refractivity contribution in [3.05, 3.63) is 237 Å². The largest absolute Gasteiger partial charge is 0.456 e. The number of hydrogen-bond acceptors (Lipinski definition) is 2. The van der Waals surface area contributed by atoms with Crippen molar-refractivity contribution in [1.29, 1.82) is 0 Å². The first-order chi connectivity index (χ1) is 30.7. The molecule has 0 bridgehead atoms. The minimum atomic E-state index is 0.855. The van der Waals surface area contributed by atoms with Crippen molar-refractivity contribution in [2.75, 3.05) is 4.90 Å². The van der Waals surface area contributed by atoms with Gasteiger partial charge in [0.2, 0.25) is 0 Å². The number of fused-ring (bicyclic) bond motifs is 7. The standard InChI is InChI=1S/C60H39NO/c1-2-14-42(15-3-1)52-33-29-48(57-37-47-17-6-7-20-51(47)53-21-8-9-22-54(53)57)38-58(52)61(50-32-34-56-55-23-10-11-24-59(55)62-60(56)39-50)49-30-27-41(28-31-49)44-18-12-19-45(35-44)46-26-25-40-13-4-5-16-43(40)36-46/h1-39H. The van der Waals surface area contributed by atoms with Crippen LogP contribution in [0.5, 0.6) is 0 Å². The van der Waals surface area contributed by atoms with Crippen LogP contribution in [0.15, 0.2) is 241 Å². The first-order valence-corrected chi connectivity index (χ1v) is 21.2. The van der Waals surface area contributed by atoms with E-state index in [4.69, 9.17) is 4.42 Å². The maximum Gasteiger partial charge on any atom is 0.137 e. The summed E-state index contributed by atoms with van der Waals surface area (Å²) in [5.41, 5.74) is 14.3. The Morgan fingerprint density at radius 2 is 0.855 bits per heavy atom. The predicted molar refractivity (Wildman–Crippen MR) is 263 cm³/mol. The lowest BCUT2D eigenvalue weighted by Crippen LogP contribution is -2.11. The number of nitrogens with zero attached hydrogens (tertiary/aromatic N) is 1. The van der Waals surface area contributed by atoms with Crippen LogP contribution < -0.4 is 4.90 Å². The fourth-order valence-corrected chi connectivity index (χ4v) is 9.37. The van der Waals surface area contributed by atoms with E-state index in [1.165, 1.54) is 54.6 Å². The topological polar surface area (TPSA) is 16.4 Å². The van der Waals surface area contributed by atoms with E-state index < -0.39 is 0 Å². The molecule has 11 aromatic carbocycles. The van der Waals surface area contributed by atoms with Crippen molar-refractivity contribution < 1.29 is 4.42 Å². The summed E-state index contributed by atoms with van der Waals surface area (Å²) in [6.07, 6.45) is 0. The number of furan rings is 1. The van der Waals surface area contributed by atoms with Crippen molar-refractivity contribution in [3.8, 4) is 44.5 Å². The normalized spacial score (nSPS) is 11.5. The van der Waals surface area contributed by atoms with E-state index in [-0.39, 0.29) is 0 Å². The number of rotatable bonds is 7. The van der Waals surface area contributed by atoms with Gasteiger partial charge in [-0.1, -0.05) is 176 Å². The average molecular weight is 790 g/mol. The number of hydrogen-bond donors (Lipinski definition) is 0. The summed E-state index contributed by atoms with van der Waals surface area (Å²) in [4.78, 5) is 2.40. The highest BCUT2D eigenvalue weighted by Gasteiger charge is 2.21. The Balaban J connectivity index is 1.04. The van der Waals surface area contributed by atoms with Gasteiger partial charge < -0.3 is 9.32 Å². The molecule has 0 amide bonds. The third-order valence-electron chi connectivity index (χ3n) is 12.4.